The molecule has 1 aromatic carbocycles. The molecule has 2 atom stereocenters. The van der Waals surface area contributed by atoms with Crippen molar-refractivity contribution in [1.82, 2.24) is 15.1 Å². The van der Waals surface area contributed by atoms with Gasteiger partial charge in [-0.15, -0.1) is 0 Å². The topological polar surface area (TPSA) is 49.3 Å². The first-order chi connectivity index (χ1) is 14.8. The van der Waals surface area contributed by atoms with E-state index < -0.39 is 0 Å². The first kappa shape index (κ1) is 21.6. The van der Waals surface area contributed by atoms with Gasteiger partial charge in [0, 0.05) is 52.9 Å². The lowest BCUT2D eigenvalue weighted by Gasteiger charge is -2.29. The molecule has 6 nitrogen and oxygen atoms in total. The minimum Gasteiger partial charge on any atom is -0.379 e. The maximum Gasteiger partial charge on any atom is 0.193 e. The number of ether oxygens (including phenoxy) is 2. The lowest BCUT2D eigenvalue weighted by molar-refractivity contribution is 0.0315. The van der Waals surface area contributed by atoms with E-state index >= 15 is 0 Å². The Morgan fingerprint density at radius 3 is 2.93 bits per heavy atom. The number of benzene rings is 1. The third-order valence-corrected chi connectivity index (χ3v) is 6.65. The lowest BCUT2D eigenvalue weighted by atomic mass is 9.89. The van der Waals surface area contributed by atoms with Crippen LogP contribution in [0.25, 0.3) is 0 Å². The van der Waals surface area contributed by atoms with Crippen LogP contribution in [0.3, 0.4) is 0 Å². The molecule has 2 saturated heterocycles. The molecule has 6 heteroatoms. The second kappa shape index (κ2) is 11.1. The molecule has 166 valence electrons. The van der Waals surface area contributed by atoms with Crippen LogP contribution in [-0.2, 0) is 15.9 Å². The molecule has 2 fully saturated rings. The Labute approximate surface area is 181 Å². The number of likely N-dealkylation sites (tertiary alicyclic amines) is 1. The van der Waals surface area contributed by atoms with Gasteiger partial charge >= 0.3 is 0 Å². The molecule has 30 heavy (non-hydrogen) atoms. The minimum atomic E-state index is 0.272. The zero-order valence-corrected chi connectivity index (χ0v) is 18.5. The van der Waals surface area contributed by atoms with E-state index in [1.54, 1.807) is 0 Å². The third kappa shape index (κ3) is 5.74. The normalized spacial score (nSPS) is 25.4. The van der Waals surface area contributed by atoms with Crippen molar-refractivity contribution in [3.05, 3.63) is 35.4 Å². The second-order valence-corrected chi connectivity index (χ2v) is 8.79. The number of aliphatic imine (C=N–C) groups is 1. The van der Waals surface area contributed by atoms with Gasteiger partial charge in [-0.25, -0.2) is 0 Å². The van der Waals surface area contributed by atoms with Gasteiger partial charge in [0.2, 0.25) is 0 Å². The van der Waals surface area contributed by atoms with Gasteiger partial charge in [0.1, 0.15) is 0 Å². The molecule has 2 aliphatic heterocycles. The molecule has 1 aliphatic carbocycles. The average Bonchev–Trinajstić information content (AvgIpc) is 3.25. The number of aryl methyl sites for hydroxylation is 1. The van der Waals surface area contributed by atoms with Gasteiger partial charge in [-0.2, -0.15) is 0 Å². The van der Waals surface area contributed by atoms with E-state index in [4.69, 9.17) is 9.47 Å². The summed E-state index contributed by atoms with van der Waals surface area (Å²) >= 11 is 0. The molecular weight excluding hydrogens is 376 g/mol. The summed E-state index contributed by atoms with van der Waals surface area (Å²) in [5.41, 5.74) is 2.86. The number of nitrogens with zero attached hydrogens (tertiary/aromatic N) is 3. The molecule has 0 saturated carbocycles. The fraction of sp³-hybridized carbons (Fsp3) is 0.708. The molecule has 1 aromatic rings. The van der Waals surface area contributed by atoms with Gasteiger partial charge in [-0.1, -0.05) is 24.3 Å². The van der Waals surface area contributed by atoms with E-state index in [9.17, 15) is 0 Å². The highest BCUT2D eigenvalue weighted by Crippen LogP contribution is 2.32. The number of guanidine groups is 1. The van der Waals surface area contributed by atoms with Gasteiger partial charge in [-0.05, 0) is 49.1 Å². The molecule has 0 radical (unpaired) electrons. The maximum absolute atomic E-state index is 6.24. The van der Waals surface area contributed by atoms with Crippen LogP contribution in [0.5, 0.6) is 0 Å². The summed E-state index contributed by atoms with van der Waals surface area (Å²) in [4.78, 5) is 9.50. The molecule has 1 N–H and O–H groups in total. The van der Waals surface area contributed by atoms with Crippen LogP contribution in [0.15, 0.2) is 29.3 Å². The minimum absolute atomic E-state index is 0.272. The van der Waals surface area contributed by atoms with Gasteiger partial charge in [0.15, 0.2) is 5.96 Å². The van der Waals surface area contributed by atoms with Crippen molar-refractivity contribution in [3.8, 4) is 0 Å². The molecule has 0 aromatic heterocycles. The van der Waals surface area contributed by atoms with E-state index in [1.807, 2.05) is 7.05 Å². The largest absolute Gasteiger partial charge is 0.379 e. The molecule has 2 unspecified atom stereocenters. The zero-order chi connectivity index (χ0) is 20.6. The van der Waals surface area contributed by atoms with Crippen LogP contribution in [0, 0.1) is 5.92 Å². The van der Waals surface area contributed by atoms with E-state index in [0.717, 1.165) is 77.3 Å². The Hall–Kier alpha value is -1.63. The van der Waals surface area contributed by atoms with Crippen molar-refractivity contribution in [2.45, 2.75) is 38.2 Å². The number of hydrogen-bond acceptors (Lipinski definition) is 4. The van der Waals surface area contributed by atoms with Crippen molar-refractivity contribution in [3.63, 3.8) is 0 Å². The maximum atomic E-state index is 6.24. The number of fused-ring (bicyclic) bond motifs is 1. The van der Waals surface area contributed by atoms with Crippen LogP contribution in [0.4, 0.5) is 0 Å². The predicted molar refractivity (Wildman–Crippen MR) is 121 cm³/mol. The number of rotatable bonds is 7. The molecule has 4 rings (SSSR count). The number of nitrogens with one attached hydrogen (secondary N) is 1. The van der Waals surface area contributed by atoms with Gasteiger partial charge < -0.3 is 19.7 Å². The standard InChI is InChI=1S/C24H38N4O2/c1-25-24(28-12-10-20(19-28)18-27-13-16-29-17-14-27)26-11-5-15-30-23-9-4-7-21-6-2-3-8-22(21)23/h2-3,6,8,20,23H,4-5,7,9-19H2,1H3,(H,25,26). The summed E-state index contributed by atoms with van der Waals surface area (Å²) in [6.07, 6.45) is 6.09. The average molecular weight is 415 g/mol. The summed E-state index contributed by atoms with van der Waals surface area (Å²) in [6.45, 7) is 9.02. The third-order valence-electron chi connectivity index (χ3n) is 6.65. The quantitative estimate of drug-likeness (QED) is 0.422. The highest BCUT2D eigenvalue weighted by Gasteiger charge is 2.27. The van der Waals surface area contributed by atoms with Gasteiger partial charge in [0.25, 0.3) is 0 Å². The monoisotopic (exact) mass is 414 g/mol. The summed E-state index contributed by atoms with van der Waals surface area (Å²) in [6, 6.07) is 8.76. The van der Waals surface area contributed by atoms with Crippen molar-refractivity contribution in [1.29, 1.82) is 0 Å². The summed E-state index contributed by atoms with van der Waals surface area (Å²) in [7, 11) is 1.90. The van der Waals surface area contributed by atoms with Crippen molar-refractivity contribution in [2.75, 3.05) is 66.1 Å². The fourth-order valence-corrected chi connectivity index (χ4v) is 5.04. The summed E-state index contributed by atoms with van der Waals surface area (Å²) in [5.74, 6) is 1.78. The van der Waals surface area contributed by atoms with Crippen molar-refractivity contribution >= 4 is 5.96 Å². The Kier molecular flexibility index (Phi) is 8.01. The van der Waals surface area contributed by atoms with Gasteiger partial charge in [0.05, 0.1) is 19.3 Å². The van der Waals surface area contributed by atoms with Crippen LogP contribution < -0.4 is 5.32 Å². The predicted octanol–water partition coefficient (Wildman–Crippen LogP) is 2.70. The van der Waals surface area contributed by atoms with Crippen LogP contribution in [0.2, 0.25) is 0 Å². The Balaban J connectivity index is 1.14. The Bertz CT molecular complexity index is 690. The summed E-state index contributed by atoms with van der Waals surface area (Å²) in [5, 5.41) is 3.55. The first-order valence-corrected chi connectivity index (χ1v) is 11.8. The molecule has 0 spiro atoms. The number of morpholine rings is 1. The van der Waals surface area contributed by atoms with Crippen LogP contribution in [-0.4, -0.2) is 81.9 Å². The van der Waals surface area contributed by atoms with Crippen molar-refractivity contribution in [2.24, 2.45) is 10.9 Å². The SMILES string of the molecule is CN=C(NCCCOC1CCCc2ccccc21)N1CCC(CN2CCOCC2)C1. The van der Waals surface area contributed by atoms with E-state index in [1.165, 1.54) is 36.9 Å². The molecule has 0 amide bonds. The number of hydrogen-bond donors (Lipinski definition) is 1. The van der Waals surface area contributed by atoms with Crippen LogP contribution >= 0.6 is 0 Å². The van der Waals surface area contributed by atoms with E-state index in [-0.39, 0.29) is 6.10 Å². The lowest BCUT2D eigenvalue weighted by Crippen LogP contribution is -2.42. The molecular formula is C24H38N4O2. The van der Waals surface area contributed by atoms with Crippen molar-refractivity contribution < 1.29 is 9.47 Å². The molecule has 3 aliphatic rings. The molecule has 0 bridgehead atoms. The Morgan fingerprint density at radius 1 is 1.20 bits per heavy atom. The smallest absolute Gasteiger partial charge is 0.193 e. The second-order valence-electron chi connectivity index (χ2n) is 8.79. The highest BCUT2D eigenvalue weighted by atomic mass is 16.5. The van der Waals surface area contributed by atoms with Gasteiger partial charge in [-0.3, -0.25) is 9.89 Å². The zero-order valence-electron chi connectivity index (χ0n) is 18.5. The fourth-order valence-electron chi connectivity index (χ4n) is 5.04. The Morgan fingerprint density at radius 2 is 2.07 bits per heavy atom. The summed E-state index contributed by atoms with van der Waals surface area (Å²) < 4.78 is 11.7. The van der Waals surface area contributed by atoms with Crippen LogP contribution in [0.1, 0.15) is 42.9 Å². The van der Waals surface area contributed by atoms with E-state index in [2.05, 4.69) is 44.4 Å². The first-order valence-electron chi connectivity index (χ1n) is 11.8. The highest BCUT2D eigenvalue weighted by molar-refractivity contribution is 5.80. The molecule has 2 heterocycles. The van der Waals surface area contributed by atoms with E-state index in [0.29, 0.717) is 0 Å².